The van der Waals surface area contributed by atoms with Crippen molar-refractivity contribution in [1.29, 1.82) is 0 Å². The fourth-order valence-electron chi connectivity index (χ4n) is 2.26. The highest BCUT2D eigenvalue weighted by atomic mass is 16.6. The summed E-state index contributed by atoms with van der Waals surface area (Å²) in [5.41, 5.74) is 2.06. The summed E-state index contributed by atoms with van der Waals surface area (Å²) in [4.78, 5) is 24.4. The molecular weight excluding hydrogens is 294 g/mol. The molecule has 0 radical (unpaired) electrons. The number of hydrogen-bond acceptors (Lipinski definition) is 4. The SMILES string of the molecule is C=C(C)C1CC(C(=O)NCc2ccccc2)=C(C(=O)OCC)O1. The molecule has 2 rings (SSSR count). The van der Waals surface area contributed by atoms with Gasteiger partial charge in [0, 0.05) is 13.0 Å². The number of amides is 1. The van der Waals surface area contributed by atoms with Gasteiger partial charge in [-0.2, -0.15) is 0 Å². The summed E-state index contributed by atoms with van der Waals surface area (Å²) in [5, 5.41) is 2.81. The first-order valence-electron chi connectivity index (χ1n) is 7.57. The summed E-state index contributed by atoms with van der Waals surface area (Å²) >= 11 is 0. The van der Waals surface area contributed by atoms with Crippen LogP contribution in [0.25, 0.3) is 0 Å². The molecule has 1 aromatic rings. The van der Waals surface area contributed by atoms with E-state index in [4.69, 9.17) is 9.47 Å². The van der Waals surface area contributed by atoms with Crippen molar-refractivity contribution >= 4 is 11.9 Å². The van der Waals surface area contributed by atoms with E-state index in [2.05, 4.69) is 11.9 Å². The molecule has 122 valence electrons. The van der Waals surface area contributed by atoms with Crippen molar-refractivity contribution in [1.82, 2.24) is 5.32 Å². The van der Waals surface area contributed by atoms with Gasteiger partial charge in [0.25, 0.3) is 5.91 Å². The molecule has 0 fully saturated rings. The zero-order valence-corrected chi connectivity index (χ0v) is 13.4. The molecule has 0 bridgehead atoms. The van der Waals surface area contributed by atoms with Crippen molar-refractivity contribution in [3.63, 3.8) is 0 Å². The molecule has 0 saturated carbocycles. The van der Waals surface area contributed by atoms with Gasteiger partial charge >= 0.3 is 5.97 Å². The number of hydrogen-bond donors (Lipinski definition) is 1. The van der Waals surface area contributed by atoms with Gasteiger partial charge in [0.05, 0.1) is 12.2 Å². The summed E-state index contributed by atoms with van der Waals surface area (Å²) in [7, 11) is 0. The van der Waals surface area contributed by atoms with Crippen LogP contribution in [0.5, 0.6) is 0 Å². The lowest BCUT2D eigenvalue weighted by atomic mass is 10.0. The Kier molecular flexibility index (Phi) is 5.57. The Labute approximate surface area is 136 Å². The van der Waals surface area contributed by atoms with Crippen LogP contribution in [0.4, 0.5) is 0 Å². The normalized spacial score (nSPS) is 16.7. The smallest absolute Gasteiger partial charge is 0.374 e. The van der Waals surface area contributed by atoms with Crippen LogP contribution in [0.1, 0.15) is 25.8 Å². The van der Waals surface area contributed by atoms with Crippen molar-refractivity contribution in [3.8, 4) is 0 Å². The minimum Gasteiger partial charge on any atom is -0.478 e. The van der Waals surface area contributed by atoms with Gasteiger partial charge < -0.3 is 14.8 Å². The lowest BCUT2D eigenvalue weighted by Crippen LogP contribution is -2.26. The molecule has 0 saturated heterocycles. The largest absolute Gasteiger partial charge is 0.478 e. The second kappa shape index (κ2) is 7.63. The van der Waals surface area contributed by atoms with Gasteiger partial charge in [-0.05, 0) is 25.0 Å². The molecule has 1 N–H and O–H groups in total. The maximum atomic E-state index is 12.4. The van der Waals surface area contributed by atoms with Crippen molar-refractivity contribution in [2.45, 2.75) is 32.9 Å². The molecule has 1 aliphatic heterocycles. The van der Waals surface area contributed by atoms with Crippen LogP contribution in [0.15, 0.2) is 53.8 Å². The highest BCUT2D eigenvalue weighted by molar-refractivity contribution is 6.02. The molecule has 0 aliphatic carbocycles. The molecule has 1 heterocycles. The van der Waals surface area contributed by atoms with E-state index in [9.17, 15) is 9.59 Å². The Morgan fingerprint density at radius 1 is 1.35 bits per heavy atom. The molecule has 1 aromatic carbocycles. The summed E-state index contributed by atoms with van der Waals surface area (Å²) in [5.74, 6) is -0.938. The number of rotatable bonds is 6. The molecule has 1 amide bonds. The van der Waals surface area contributed by atoms with E-state index < -0.39 is 5.97 Å². The third-order valence-electron chi connectivity index (χ3n) is 3.50. The minimum absolute atomic E-state index is 0.00888. The van der Waals surface area contributed by atoms with E-state index in [-0.39, 0.29) is 24.4 Å². The number of esters is 1. The number of ether oxygens (including phenoxy) is 2. The van der Waals surface area contributed by atoms with Gasteiger partial charge in [-0.3, -0.25) is 4.79 Å². The topological polar surface area (TPSA) is 64.6 Å². The van der Waals surface area contributed by atoms with Gasteiger partial charge in [0.15, 0.2) is 0 Å². The predicted octanol–water partition coefficient (Wildman–Crippen LogP) is 2.49. The van der Waals surface area contributed by atoms with Crippen molar-refractivity contribution in [2.75, 3.05) is 6.61 Å². The first kappa shape index (κ1) is 16.8. The van der Waals surface area contributed by atoms with Crippen LogP contribution >= 0.6 is 0 Å². The van der Waals surface area contributed by atoms with Crippen LogP contribution in [0.2, 0.25) is 0 Å². The second-order valence-corrected chi connectivity index (χ2v) is 5.35. The Morgan fingerprint density at radius 2 is 2.04 bits per heavy atom. The number of benzene rings is 1. The highest BCUT2D eigenvalue weighted by Crippen LogP contribution is 2.29. The van der Waals surface area contributed by atoms with E-state index in [0.29, 0.717) is 18.5 Å². The lowest BCUT2D eigenvalue weighted by molar-refractivity contribution is -0.143. The van der Waals surface area contributed by atoms with Crippen LogP contribution in [0, 0.1) is 0 Å². The van der Waals surface area contributed by atoms with Crippen LogP contribution in [0.3, 0.4) is 0 Å². The van der Waals surface area contributed by atoms with Gasteiger partial charge in [-0.1, -0.05) is 36.9 Å². The van der Waals surface area contributed by atoms with Crippen molar-refractivity contribution in [3.05, 3.63) is 59.4 Å². The van der Waals surface area contributed by atoms with Crippen molar-refractivity contribution < 1.29 is 19.1 Å². The predicted molar refractivity (Wildman–Crippen MR) is 86.3 cm³/mol. The maximum absolute atomic E-state index is 12.4. The van der Waals surface area contributed by atoms with E-state index >= 15 is 0 Å². The minimum atomic E-state index is -0.610. The quantitative estimate of drug-likeness (QED) is 0.647. The van der Waals surface area contributed by atoms with Gasteiger partial charge in [0.2, 0.25) is 5.76 Å². The Morgan fingerprint density at radius 3 is 2.65 bits per heavy atom. The first-order chi connectivity index (χ1) is 11.0. The summed E-state index contributed by atoms with van der Waals surface area (Å²) < 4.78 is 10.5. The number of carbonyl (C=O) groups excluding carboxylic acids is 2. The Balaban J connectivity index is 2.11. The monoisotopic (exact) mass is 315 g/mol. The molecule has 5 nitrogen and oxygen atoms in total. The zero-order valence-electron chi connectivity index (χ0n) is 13.4. The van der Waals surface area contributed by atoms with E-state index in [0.717, 1.165) is 11.1 Å². The molecular formula is C18H21NO4. The molecule has 1 atom stereocenters. The van der Waals surface area contributed by atoms with E-state index in [1.54, 1.807) is 13.8 Å². The third kappa shape index (κ3) is 4.22. The Hall–Kier alpha value is -2.56. The summed E-state index contributed by atoms with van der Waals surface area (Å²) in [6.07, 6.45) is -0.0451. The third-order valence-corrected chi connectivity index (χ3v) is 3.50. The standard InChI is InChI=1S/C18H21NO4/c1-4-22-18(21)16-14(10-15(23-16)12(2)3)17(20)19-11-13-8-6-5-7-9-13/h5-9,15H,2,4,10-11H2,1,3H3,(H,19,20). The fourth-order valence-corrected chi connectivity index (χ4v) is 2.26. The first-order valence-corrected chi connectivity index (χ1v) is 7.57. The van der Waals surface area contributed by atoms with Gasteiger partial charge in [-0.15, -0.1) is 0 Å². The fraction of sp³-hybridized carbons (Fsp3) is 0.333. The van der Waals surface area contributed by atoms with E-state index in [1.807, 2.05) is 30.3 Å². The van der Waals surface area contributed by atoms with Crippen LogP contribution < -0.4 is 5.32 Å². The lowest BCUT2D eigenvalue weighted by Gasteiger charge is -2.11. The number of nitrogens with one attached hydrogen (secondary N) is 1. The van der Waals surface area contributed by atoms with Crippen LogP contribution in [-0.4, -0.2) is 24.6 Å². The highest BCUT2D eigenvalue weighted by Gasteiger charge is 2.35. The molecule has 23 heavy (non-hydrogen) atoms. The molecule has 5 heteroatoms. The number of carbonyl (C=O) groups is 2. The van der Waals surface area contributed by atoms with Gasteiger partial charge in [-0.25, -0.2) is 4.79 Å². The molecule has 0 spiro atoms. The maximum Gasteiger partial charge on any atom is 0.374 e. The summed E-state index contributed by atoms with van der Waals surface area (Å²) in [6.45, 7) is 7.95. The molecule has 1 aliphatic rings. The molecule has 0 aromatic heterocycles. The average molecular weight is 315 g/mol. The van der Waals surface area contributed by atoms with Crippen molar-refractivity contribution in [2.24, 2.45) is 0 Å². The van der Waals surface area contributed by atoms with Gasteiger partial charge in [0.1, 0.15) is 6.10 Å². The zero-order chi connectivity index (χ0) is 16.8. The van der Waals surface area contributed by atoms with E-state index in [1.165, 1.54) is 0 Å². The summed E-state index contributed by atoms with van der Waals surface area (Å²) in [6, 6.07) is 9.56. The Bertz CT molecular complexity index is 634. The molecule has 1 unspecified atom stereocenters. The van der Waals surface area contributed by atoms with Crippen LogP contribution in [-0.2, 0) is 25.6 Å². The second-order valence-electron chi connectivity index (χ2n) is 5.35. The average Bonchev–Trinajstić information content (AvgIpc) is 2.99.